The van der Waals surface area contributed by atoms with Crippen LogP contribution >= 0.6 is 22.7 Å². The van der Waals surface area contributed by atoms with E-state index in [0.29, 0.717) is 44.5 Å². The lowest BCUT2D eigenvalue weighted by Gasteiger charge is -2.19. The fourth-order valence-corrected chi connectivity index (χ4v) is 15.1. The minimum absolute atomic E-state index is 0.208. The van der Waals surface area contributed by atoms with Gasteiger partial charge in [0.1, 0.15) is 0 Å². The maximum absolute atomic E-state index is 9.28. The van der Waals surface area contributed by atoms with E-state index in [9.17, 15) is 11.0 Å². The quantitative estimate of drug-likeness (QED) is 0.146. The summed E-state index contributed by atoms with van der Waals surface area (Å²) in [5.74, 6) is 0. The van der Waals surface area contributed by atoms with E-state index in [2.05, 4.69) is 48.5 Å². The molecule has 0 atom stereocenters. The number of rotatable bonds is 6. The highest BCUT2D eigenvalue weighted by Gasteiger charge is 2.21. The lowest BCUT2D eigenvalue weighted by Crippen LogP contribution is -1.91. The molecule has 400 valence electrons. The summed E-state index contributed by atoms with van der Waals surface area (Å²) in [6, 6.07) is 65.9. The van der Waals surface area contributed by atoms with Crippen molar-refractivity contribution in [3.63, 3.8) is 0 Å². The van der Waals surface area contributed by atoms with Crippen molar-refractivity contribution in [3.05, 3.63) is 315 Å². The highest BCUT2D eigenvalue weighted by Crippen LogP contribution is 2.49. The van der Waals surface area contributed by atoms with Crippen LogP contribution in [-0.4, -0.2) is 0 Å². The van der Waals surface area contributed by atoms with Gasteiger partial charge in [-0.2, -0.15) is 0 Å². The van der Waals surface area contributed by atoms with Gasteiger partial charge in [-0.3, -0.25) is 0 Å². The molecule has 2 heteroatoms. The minimum atomic E-state index is -0.412. The second kappa shape index (κ2) is 20.7. The number of hydrogen-bond acceptors (Lipinski definition) is 2. The summed E-state index contributed by atoms with van der Waals surface area (Å²) >= 11 is 3.48. The third-order valence-corrected chi connectivity index (χ3v) is 18.9. The molecule has 2 aromatic heterocycles. The zero-order valence-electron chi connectivity index (χ0n) is 61.6. The Kier molecular flexibility index (Phi) is 8.73. The largest absolute Gasteiger partial charge is 0.135 e. The van der Waals surface area contributed by atoms with Crippen LogP contribution < -0.4 is 0 Å². The number of benzene rings is 16. The third-order valence-electron chi connectivity index (χ3n) is 16.6. The average Bonchev–Trinajstić information content (AvgIpc) is 0.849. The summed E-state index contributed by atoms with van der Waals surface area (Å²) < 4.78 is 149. The standard InChI is InChI=1S/2C42H26S/c1-2-13-30-27(11-1)12-9-20-32(30)41-35-16-5-3-14-33(35)40(34-15-4-6-17-36(34)41)29-25-23-28(24-26-29)31-19-10-22-39-42(31)37-18-7-8-21-38(37)43-39;1-2-11-30-26-31(25-20-27(30)10-1)41-35-14-5-3-12-33(35)40(34-13-4-6-15-36(34)41)29-23-21-28(22-24-29)32-17-9-19-39-42(32)37-16-7-8-18-38(37)43-39/h2*1-26H/i3D,4D,5D,6D,14D,15D,16D,17D;3D,4D,5D,6D,12D,13D,14D,15D. The topological polar surface area (TPSA) is 0 Å². The smallest absolute Gasteiger partial charge is 0.0629 e. The second-order valence-corrected chi connectivity index (χ2v) is 23.5. The van der Waals surface area contributed by atoms with Gasteiger partial charge in [0.05, 0.1) is 21.9 Å². The summed E-state index contributed by atoms with van der Waals surface area (Å²) in [6.07, 6.45) is 0. The van der Waals surface area contributed by atoms with Gasteiger partial charge in [0.15, 0.2) is 0 Å². The van der Waals surface area contributed by atoms with E-state index < -0.39 is 48.3 Å². The monoisotopic (exact) mass is 1140 g/mol. The molecule has 0 radical (unpaired) electrons. The Balaban J connectivity index is 0.000000152. The molecular weight excluding hydrogens is 1070 g/mol. The Labute approximate surface area is 528 Å². The normalized spacial score (nSPS) is 14.3. The van der Waals surface area contributed by atoms with Crippen LogP contribution in [0.5, 0.6) is 0 Å². The molecule has 86 heavy (non-hydrogen) atoms. The minimum Gasteiger partial charge on any atom is -0.135 e. The van der Waals surface area contributed by atoms with Crippen molar-refractivity contribution < 1.29 is 21.9 Å². The molecule has 0 fully saturated rings. The molecule has 0 N–H and O–H groups in total. The van der Waals surface area contributed by atoms with Gasteiger partial charge in [0.2, 0.25) is 0 Å². The maximum atomic E-state index is 9.28. The van der Waals surface area contributed by atoms with Crippen LogP contribution in [0.3, 0.4) is 0 Å². The average molecular weight is 1140 g/mol. The first-order valence-electron chi connectivity index (χ1n) is 36.2. The van der Waals surface area contributed by atoms with E-state index in [1.165, 1.54) is 29.6 Å². The van der Waals surface area contributed by atoms with Crippen LogP contribution in [0.1, 0.15) is 21.9 Å². The highest BCUT2D eigenvalue weighted by atomic mass is 32.1. The first-order valence-corrected chi connectivity index (χ1v) is 29.9. The van der Waals surface area contributed by atoms with Gasteiger partial charge >= 0.3 is 0 Å². The molecule has 0 aliphatic heterocycles. The Hall–Kier alpha value is -10.5. The van der Waals surface area contributed by atoms with Crippen molar-refractivity contribution in [3.8, 4) is 66.8 Å². The van der Waals surface area contributed by atoms with Gasteiger partial charge < -0.3 is 0 Å². The summed E-state index contributed by atoms with van der Waals surface area (Å²) in [5, 5.41) is 9.90. The summed E-state index contributed by atoms with van der Waals surface area (Å²) in [7, 11) is 0. The molecule has 0 bridgehead atoms. The van der Waals surface area contributed by atoms with Gasteiger partial charge in [-0.25, -0.2) is 0 Å². The third kappa shape index (κ3) is 8.25. The fourth-order valence-electron chi connectivity index (χ4n) is 12.8. The maximum Gasteiger partial charge on any atom is 0.0629 e. The number of fused-ring (bicyclic) bond motifs is 12. The van der Waals surface area contributed by atoms with Crippen molar-refractivity contribution in [1.82, 2.24) is 0 Å². The van der Waals surface area contributed by atoms with Crippen LogP contribution in [0.4, 0.5) is 0 Å². The lowest BCUT2D eigenvalue weighted by molar-refractivity contribution is 1.64. The molecule has 2 heterocycles. The van der Waals surface area contributed by atoms with Crippen molar-refractivity contribution in [1.29, 1.82) is 0 Å². The van der Waals surface area contributed by atoms with Gasteiger partial charge in [-0.05, 0) is 162 Å². The van der Waals surface area contributed by atoms with Gasteiger partial charge in [-0.15, -0.1) is 22.7 Å². The number of thiophene rings is 2. The molecule has 0 aliphatic carbocycles. The van der Waals surface area contributed by atoms with Crippen LogP contribution in [0.15, 0.2) is 315 Å². The van der Waals surface area contributed by atoms with E-state index in [-0.39, 0.29) is 91.4 Å². The van der Waals surface area contributed by atoms with Crippen LogP contribution in [0, 0.1) is 0 Å². The molecule has 0 nitrogen and oxygen atoms in total. The molecule has 0 unspecified atom stereocenters. The van der Waals surface area contributed by atoms with E-state index in [4.69, 9.17) is 11.0 Å². The van der Waals surface area contributed by atoms with Crippen molar-refractivity contribution in [2.75, 3.05) is 0 Å². The van der Waals surface area contributed by atoms with Gasteiger partial charge in [-0.1, -0.05) is 285 Å². The predicted molar refractivity (Wildman–Crippen MR) is 376 cm³/mol. The van der Waals surface area contributed by atoms with Gasteiger partial charge in [0, 0.05) is 40.3 Å². The molecule has 0 saturated heterocycles. The first kappa shape index (κ1) is 36.3. The summed E-state index contributed by atoms with van der Waals surface area (Å²) in [4.78, 5) is 0. The van der Waals surface area contributed by atoms with Crippen molar-refractivity contribution >= 4 is 128 Å². The molecule has 0 saturated carbocycles. The molecule has 18 aromatic rings. The summed E-state index contributed by atoms with van der Waals surface area (Å²) in [6.45, 7) is 0. The Morgan fingerprint density at radius 1 is 0.209 bits per heavy atom. The van der Waals surface area contributed by atoms with E-state index in [1.54, 1.807) is 22.7 Å². The Morgan fingerprint density at radius 2 is 0.535 bits per heavy atom. The fraction of sp³-hybridized carbons (Fsp3) is 0. The zero-order valence-corrected chi connectivity index (χ0v) is 47.2. The molecule has 0 amide bonds. The van der Waals surface area contributed by atoms with Crippen molar-refractivity contribution in [2.24, 2.45) is 0 Å². The molecule has 16 aromatic carbocycles. The molecular formula is C84H52S2. The highest BCUT2D eigenvalue weighted by molar-refractivity contribution is 7.26. The zero-order chi connectivity index (χ0) is 70.6. The van der Waals surface area contributed by atoms with Crippen LogP contribution in [-0.2, 0) is 0 Å². The van der Waals surface area contributed by atoms with E-state index in [0.717, 1.165) is 54.6 Å². The number of hydrogen-bond donors (Lipinski definition) is 0. The predicted octanol–water partition coefficient (Wildman–Crippen LogP) is 25.0. The van der Waals surface area contributed by atoms with Crippen molar-refractivity contribution in [2.45, 2.75) is 0 Å². The molecule has 0 aliphatic rings. The van der Waals surface area contributed by atoms with E-state index >= 15 is 0 Å². The first-order chi connectivity index (χ1) is 49.3. The van der Waals surface area contributed by atoms with Crippen LogP contribution in [0.25, 0.3) is 172 Å². The molecule has 0 spiro atoms. The van der Waals surface area contributed by atoms with Gasteiger partial charge in [0.25, 0.3) is 0 Å². The Bertz CT molecular complexity index is 6530. The summed E-state index contributed by atoms with van der Waals surface area (Å²) in [5.41, 5.74) is 7.79. The molecule has 18 rings (SSSR count). The van der Waals surface area contributed by atoms with E-state index in [1.807, 2.05) is 170 Å². The lowest BCUT2D eigenvalue weighted by atomic mass is 9.84. The SMILES string of the molecule is [2H]c1c([2H])c([2H])c2c(-c3ccc4ccccc4c3)c3c([2H])c([2H])c([2H])c([2H])c3c(-c3ccc(-c4cccc5sc6ccccc6c45)cc3)c2c1[2H].[2H]c1c([2H])c([2H])c2c(-c3cccc4ccccc34)c3c([2H])c([2H])c([2H])c([2H])c3c(-c3ccc(-c4cccc5sc6ccccc6c45)cc3)c2c1[2H]. The van der Waals surface area contributed by atoms with Crippen LogP contribution in [0.2, 0.25) is 0 Å². The Morgan fingerprint density at radius 3 is 1.01 bits per heavy atom. The second-order valence-electron chi connectivity index (χ2n) is 21.3.